The summed E-state index contributed by atoms with van der Waals surface area (Å²) >= 11 is 0. The van der Waals surface area contributed by atoms with Gasteiger partial charge < -0.3 is 30.4 Å². The van der Waals surface area contributed by atoms with E-state index in [1.54, 1.807) is 17.0 Å². The summed E-state index contributed by atoms with van der Waals surface area (Å²) in [6, 6.07) is 12.2. The molecule has 2 atom stereocenters. The van der Waals surface area contributed by atoms with Crippen molar-refractivity contribution in [2.24, 2.45) is 5.73 Å². The van der Waals surface area contributed by atoms with Gasteiger partial charge in [0.2, 0.25) is 0 Å². The van der Waals surface area contributed by atoms with Gasteiger partial charge >= 0.3 is 13.1 Å². The van der Waals surface area contributed by atoms with Crippen molar-refractivity contribution >= 4 is 13.1 Å². The average Bonchev–Trinajstić information content (AvgIpc) is 2.69. The molecular formula is C20H23BN2O6. The summed E-state index contributed by atoms with van der Waals surface area (Å²) in [4.78, 5) is 13.6. The number of carbonyl (C=O) groups is 1. The standard InChI is InChI=1S/C20H23BN2O6/c22-17(12-4-2-1-3-5-12)19(24)23-10-14(11-23)28-15-7-6-13-8-9-21(27)29-18(13)16(15)20(25)26/h1-7,14,17,19,24,27H,8-11,22H2,(H,25,26)/t17-,19?/m1/s1. The summed E-state index contributed by atoms with van der Waals surface area (Å²) in [5.74, 6) is -0.818. The Morgan fingerprint density at radius 2 is 1.97 bits per heavy atom. The van der Waals surface area contributed by atoms with Crippen LogP contribution in [0.3, 0.4) is 0 Å². The highest BCUT2D eigenvalue weighted by Crippen LogP contribution is 2.37. The maximum absolute atomic E-state index is 11.8. The smallest absolute Gasteiger partial charge is 0.522 e. The lowest BCUT2D eigenvalue weighted by Gasteiger charge is -2.43. The second kappa shape index (κ2) is 8.04. The van der Waals surface area contributed by atoms with Gasteiger partial charge in [0.25, 0.3) is 0 Å². The van der Waals surface area contributed by atoms with Crippen LogP contribution in [0.2, 0.25) is 6.32 Å². The third-order valence-electron chi connectivity index (χ3n) is 5.38. The minimum atomic E-state index is -1.17. The van der Waals surface area contributed by atoms with E-state index in [0.717, 1.165) is 11.1 Å². The van der Waals surface area contributed by atoms with Gasteiger partial charge in [-0.15, -0.1) is 0 Å². The van der Waals surface area contributed by atoms with Crippen molar-refractivity contribution in [2.75, 3.05) is 13.1 Å². The Balaban J connectivity index is 1.43. The third-order valence-corrected chi connectivity index (χ3v) is 5.38. The van der Waals surface area contributed by atoms with Crippen molar-refractivity contribution < 1.29 is 29.4 Å². The van der Waals surface area contributed by atoms with Gasteiger partial charge in [0.15, 0.2) is 0 Å². The summed E-state index contributed by atoms with van der Waals surface area (Å²) < 4.78 is 11.2. The molecule has 0 bridgehead atoms. The number of aromatic carboxylic acids is 1. The number of nitrogens with two attached hydrogens (primary N) is 1. The maximum atomic E-state index is 11.8. The fourth-order valence-corrected chi connectivity index (χ4v) is 3.73. The van der Waals surface area contributed by atoms with E-state index in [-0.39, 0.29) is 23.2 Å². The number of carboxylic acid groups (broad SMARTS) is 1. The molecule has 2 aromatic rings. The SMILES string of the molecule is N[C@H](c1ccccc1)C(O)N1CC(Oc2ccc3c(c2C(=O)O)OB(O)CC3)C1. The van der Waals surface area contributed by atoms with Crippen molar-refractivity contribution in [3.8, 4) is 11.5 Å². The number of benzene rings is 2. The molecule has 2 aromatic carbocycles. The van der Waals surface area contributed by atoms with Gasteiger partial charge in [-0.25, -0.2) is 4.79 Å². The van der Waals surface area contributed by atoms with Crippen molar-refractivity contribution in [1.29, 1.82) is 0 Å². The molecule has 1 unspecified atom stereocenters. The number of fused-ring (bicyclic) bond motifs is 1. The molecule has 9 heteroatoms. The summed E-state index contributed by atoms with van der Waals surface area (Å²) in [6.45, 7) is 0.836. The Morgan fingerprint density at radius 3 is 2.66 bits per heavy atom. The minimum absolute atomic E-state index is 0.0822. The van der Waals surface area contributed by atoms with Gasteiger partial charge in [0, 0.05) is 13.1 Å². The van der Waals surface area contributed by atoms with Crippen LogP contribution >= 0.6 is 0 Å². The molecule has 0 saturated carbocycles. The van der Waals surface area contributed by atoms with Crippen LogP contribution < -0.4 is 15.1 Å². The number of hydrogen-bond donors (Lipinski definition) is 4. The summed E-state index contributed by atoms with van der Waals surface area (Å²) in [5.41, 5.74) is 7.64. The molecule has 5 N–H and O–H groups in total. The van der Waals surface area contributed by atoms with Crippen molar-refractivity contribution in [1.82, 2.24) is 4.90 Å². The lowest BCUT2D eigenvalue weighted by molar-refractivity contribution is -0.101. The van der Waals surface area contributed by atoms with Crippen LogP contribution in [-0.4, -0.2) is 58.6 Å². The van der Waals surface area contributed by atoms with Gasteiger partial charge in [0.05, 0.1) is 6.04 Å². The van der Waals surface area contributed by atoms with Gasteiger partial charge in [-0.05, 0) is 29.9 Å². The van der Waals surface area contributed by atoms with Crippen LogP contribution in [0.15, 0.2) is 42.5 Å². The molecule has 0 radical (unpaired) electrons. The van der Waals surface area contributed by atoms with E-state index >= 15 is 0 Å². The summed E-state index contributed by atoms with van der Waals surface area (Å²) in [5, 5.41) is 29.9. The van der Waals surface area contributed by atoms with E-state index in [2.05, 4.69) is 0 Å². The Bertz CT molecular complexity index is 890. The number of hydrogen-bond acceptors (Lipinski definition) is 7. The summed E-state index contributed by atoms with van der Waals surface area (Å²) in [7, 11) is -1.02. The second-order valence-corrected chi connectivity index (χ2v) is 7.39. The maximum Gasteiger partial charge on any atom is 0.522 e. The molecule has 0 aromatic heterocycles. The van der Waals surface area contributed by atoms with Crippen LogP contribution in [-0.2, 0) is 6.42 Å². The number of rotatable bonds is 6. The first-order chi connectivity index (χ1) is 13.9. The lowest BCUT2D eigenvalue weighted by atomic mass is 9.78. The van der Waals surface area contributed by atoms with Gasteiger partial charge in [-0.3, -0.25) is 4.90 Å². The molecule has 2 aliphatic rings. The summed E-state index contributed by atoms with van der Waals surface area (Å²) in [6.07, 6.45) is -0.183. The first-order valence-corrected chi connectivity index (χ1v) is 9.57. The van der Waals surface area contributed by atoms with E-state index in [4.69, 9.17) is 15.1 Å². The predicted molar refractivity (Wildman–Crippen MR) is 106 cm³/mol. The Labute approximate surface area is 168 Å². The molecule has 29 heavy (non-hydrogen) atoms. The molecule has 0 spiro atoms. The highest BCUT2D eigenvalue weighted by molar-refractivity contribution is 6.44. The second-order valence-electron chi connectivity index (χ2n) is 7.39. The highest BCUT2D eigenvalue weighted by atomic mass is 16.5. The monoisotopic (exact) mass is 398 g/mol. The van der Waals surface area contributed by atoms with Crippen molar-refractivity contribution in [3.63, 3.8) is 0 Å². The van der Waals surface area contributed by atoms with E-state index in [1.165, 1.54) is 0 Å². The van der Waals surface area contributed by atoms with Gasteiger partial charge in [0.1, 0.15) is 29.4 Å². The molecule has 2 aliphatic heterocycles. The van der Waals surface area contributed by atoms with E-state index in [0.29, 0.717) is 25.8 Å². The minimum Gasteiger partial charge on any atom is -0.535 e. The number of aliphatic hydroxyl groups excluding tert-OH is 1. The molecule has 4 rings (SSSR count). The Morgan fingerprint density at radius 1 is 1.24 bits per heavy atom. The molecule has 2 heterocycles. The zero-order valence-electron chi connectivity index (χ0n) is 15.8. The first kappa shape index (κ1) is 19.7. The van der Waals surface area contributed by atoms with Crippen LogP contribution in [0, 0.1) is 0 Å². The first-order valence-electron chi connectivity index (χ1n) is 9.57. The van der Waals surface area contributed by atoms with Crippen LogP contribution in [0.4, 0.5) is 0 Å². The number of aryl methyl sites for hydroxylation is 1. The fraction of sp³-hybridized carbons (Fsp3) is 0.350. The fourth-order valence-electron chi connectivity index (χ4n) is 3.73. The zero-order chi connectivity index (χ0) is 20.5. The predicted octanol–water partition coefficient (Wildman–Crippen LogP) is 0.882. The van der Waals surface area contributed by atoms with Crippen LogP contribution in [0.5, 0.6) is 11.5 Å². The zero-order valence-corrected chi connectivity index (χ0v) is 15.8. The largest absolute Gasteiger partial charge is 0.535 e. The number of nitrogens with zero attached hydrogens (tertiary/aromatic N) is 1. The number of carboxylic acids is 1. The number of aliphatic hydroxyl groups is 1. The van der Waals surface area contributed by atoms with E-state index < -0.39 is 25.4 Å². The topological polar surface area (TPSA) is 125 Å². The highest BCUT2D eigenvalue weighted by Gasteiger charge is 2.37. The molecule has 1 saturated heterocycles. The molecule has 152 valence electrons. The quantitative estimate of drug-likeness (QED) is 0.529. The van der Waals surface area contributed by atoms with Crippen molar-refractivity contribution in [3.05, 3.63) is 59.2 Å². The van der Waals surface area contributed by atoms with Gasteiger partial charge in [-0.2, -0.15) is 0 Å². The average molecular weight is 398 g/mol. The number of ether oxygens (including phenoxy) is 1. The Hall–Kier alpha value is -2.59. The molecule has 0 amide bonds. The Kier molecular flexibility index (Phi) is 5.47. The molecule has 1 fully saturated rings. The number of likely N-dealkylation sites (tertiary alicyclic amines) is 1. The third kappa shape index (κ3) is 3.95. The molecule has 8 nitrogen and oxygen atoms in total. The molecular weight excluding hydrogens is 375 g/mol. The lowest BCUT2D eigenvalue weighted by Crippen LogP contribution is -2.60. The van der Waals surface area contributed by atoms with E-state index in [9.17, 15) is 20.0 Å². The van der Waals surface area contributed by atoms with Crippen LogP contribution in [0.25, 0.3) is 0 Å². The van der Waals surface area contributed by atoms with Crippen molar-refractivity contribution in [2.45, 2.75) is 31.1 Å². The normalized spacial score (nSPS) is 18.9. The van der Waals surface area contributed by atoms with Crippen LogP contribution in [0.1, 0.15) is 27.5 Å². The van der Waals surface area contributed by atoms with E-state index in [1.807, 2.05) is 30.3 Å². The van der Waals surface area contributed by atoms with Gasteiger partial charge in [-0.1, -0.05) is 36.4 Å². The molecule has 0 aliphatic carbocycles.